The minimum Gasteiger partial charge on any atom is -0.470 e. The molecule has 3 nitrogen and oxygen atoms in total. The van der Waals surface area contributed by atoms with Crippen molar-refractivity contribution in [3.05, 3.63) is 70.2 Å². The summed E-state index contributed by atoms with van der Waals surface area (Å²) in [6.45, 7) is 0.440. The van der Waals surface area contributed by atoms with Crippen molar-refractivity contribution < 1.29 is 4.74 Å². The third-order valence-corrected chi connectivity index (χ3v) is 3.33. The molecule has 0 amide bonds. The quantitative estimate of drug-likeness (QED) is 0.833. The molecule has 0 N–H and O–H groups in total. The van der Waals surface area contributed by atoms with E-state index in [-0.39, 0.29) is 0 Å². The molecule has 0 saturated heterocycles. The summed E-state index contributed by atoms with van der Waals surface area (Å²) in [4.78, 5) is 0. The average molecular weight is 315 g/mol. The molecule has 1 aliphatic heterocycles. The fraction of sp³-hybridized carbons (Fsp3) is 0.0667. The molecule has 0 aliphatic carbocycles. The van der Waals surface area contributed by atoms with E-state index < -0.39 is 0 Å². The van der Waals surface area contributed by atoms with Crippen LogP contribution in [-0.4, -0.2) is 18.2 Å². The van der Waals surface area contributed by atoms with Crippen LogP contribution in [0.5, 0.6) is 0 Å². The fourth-order valence-electron chi connectivity index (χ4n) is 1.81. The van der Waals surface area contributed by atoms with Crippen LogP contribution in [0.4, 0.5) is 0 Å². The van der Waals surface area contributed by atoms with Crippen molar-refractivity contribution in [1.29, 1.82) is 0 Å². The van der Waals surface area contributed by atoms with E-state index in [0.717, 1.165) is 21.3 Å². The molecule has 0 saturated carbocycles. The summed E-state index contributed by atoms with van der Waals surface area (Å²) in [5.74, 6) is 0.571. The van der Waals surface area contributed by atoms with E-state index in [2.05, 4.69) is 26.1 Å². The molecule has 1 heterocycles. The van der Waals surface area contributed by atoms with Gasteiger partial charge in [0.25, 0.3) is 0 Å². The van der Waals surface area contributed by atoms with Crippen molar-refractivity contribution in [3.63, 3.8) is 0 Å². The zero-order valence-corrected chi connectivity index (χ0v) is 11.7. The normalized spacial score (nSPS) is 14.4. The molecule has 0 atom stereocenters. The van der Waals surface area contributed by atoms with Gasteiger partial charge in [-0.25, -0.2) is 0 Å². The monoisotopic (exact) mass is 314 g/mol. The molecular formula is C15H11BrN2O. The number of rotatable bonds is 2. The maximum absolute atomic E-state index is 5.67. The molecule has 0 fully saturated rings. The summed E-state index contributed by atoms with van der Waals surface area (Å²) in [6.07, 6.45) is 0. The van der Waals surface area contributed by atoms with Gasteiger partial charge in [0.1, 0.15) is 12.3 Å². The Morgan fingerprint density at radius 3 is 2.21 bits per heavy atom. The van der Waals surface area contributed by atoms with Gasteiger partial charge in [0.15, 0.2) is 0 Å². The predicted molar refractivity (Wildman–Crippen MR) is 79.6 cm³/mol. The maximum Gasteiger partial charge on any atom is 0.241 e. The zero-order valence-electron chi connectivity index (χ0n) is 10.1. The number of hydrogen-bond acceptors (Lipinski definition) is 3. The molecule has 94 valence electrons. The van der Waals surface area contributed by atoms with E-state index >= 15 is 0 Å². The molecular weight excluding hydrogens is 304 g/mol. The highest BCUT2D eigenvalue weighted by molar-refractivity contribution is 9.10. The van der Waals surface area contributed by atoms with Crippen LogP contribution in [-0.2, 0) is 4.74 Å². The highest BCUT2D eigenvalue weighted by atomic mass is 79.9. The first-order valence-corrected chi connectivity index (χ1v) is 6.71. The van der Waals surface area contributed by atoms with Gasteiger partial charge in [-0.1, -0.05) is 46.3 Å². The van der Waals surface area contributed by atoms with Gasteiger partial charge >= 0.3 is 0 Å². The van der Waals surface area contributed by atoms with Crippen molar-refractivity contribution in [2.24, 2.45) is 10.2 Å². The standard InChI is InChI=1S/C15H11BrN2O/c16-13-8-6-11(7-9-13)14-10-19-15(18-17-14)12-4-2-1-3-5-12/h1-9H,10H2. The molecule has 2 aromatic rings. The van der Waals surface area contributed by atoms with Crippen molar-refractivity contribution in [2.75, 3.05) is 6.61 Å². The Hall–Kier alpha value is -1.94. The van der Waals surface area contributed by atoms with Crippen LogP contribution in [0.15, 0.2) is 69.3 Å². The summed E-state index contributed by atoms with van der Waals surface area (Å²) in [5, 5.41) is 8.40. The van der Waals surface area contributed by atoms with Crippen LogP contribution in [0, 0.1) is 0 Å². The molecule has 3 rings (SSSR count). The minimum absolute atomic E-state index is 0.440. The Labute approximate surface area is 119 Å². The summed E-state index contributed by atoms with van der Waals surface area (Å²) in [7, 11) is 0. The van der Waals surface area contributed by atoms with Crippen molar-refractivity contribution in [2.45, 2.75) is 0 Å². The lowest BCUT2D eigenvalue weighted by Gasteiger charge is -2.14. The van der Waals surface area contributed by atoms with E-state index in [0.29, 0.717) is 12.5 Å². The van der Waals surface area contributed by atoms with Gasteiger partial charge in [-0.05, 0) is 24.3 Å². The SMILES string of the molecule is Brc1ccc(C2=NN=C(c3ccccc3)OC2)cc1. The van der Waals surface area contributed by atoms with Crippen LogP contribution < -0.4 is 0 Å². The second kappa shape index (κ2) is 5.36. The van der Waals surface area contributed by atoms with E-state index in [9.17, 15) is 0 Å². The smallest absolute Gasteiger partial charge is 0.241 e. The lowest BCUT2D eigenvalue weighted by molar-refractivity contribution is 0.357. The second-order valence-electron chi connectivity index (χ2n) is 4.11. The van der Waals surface area contributed by atoms with E-state index in [1.165, 1.54) is 0 Å². The van der Waals surface area contributed by atoms with Crippen LogP contribution in [0.3, 0.4) is 0 Å². The molecule has 19 heavy (non-hydrogen) atoms. The Kier molecular flexibility index (Phi) is 3.42. The molecule has 0 bridgehead atoms. The fourth-order valence-corrected chi connectivity index (χ4v) is 2.07. The van der Waals surface area contributed by atoms with Gasteiger partial charge in [-0.2, -0.15) is 0 Å². The maximum atomic E-state index is 5.67. The third-order valence-electron chi connectivity index (χ3n) is 2.81. The van der Waals surface area contributed by atoms with E-state index in [1.54, 1.807) is 0 Å². The molecule has 0 unspecified atom stereocenters. The zero-order chi connectivity index (χ0) is 13.1. The Balaban J connectivity index is 1.86. The van der Waals surface area contributed by atoms with Crippen LogP contribution >= 0.6 is 15.9 Å². The Morgan fingerprint density at radius 2 is 1.58 bits per heavy atom. The number of benzene rings is 2. The van der Waals surface area contributed by atoms with Crippen LogP contribution in [0.25, 0.3) is 0 Å². The second-order valence-corrected chi connectivity index (χ2v) is 5.03. The first-order valence-electron chi connectivity index (χ1n) is 5.91. The summed E-state index contributed by atoms with van der Waals surface area (Å²) < 4.78 is 6.71. The van der Waals surface area contributed by atoms with Crippen LogP contribution in [0.2, 0.25) is 0 Å². The molecule has 0 radical (unpaired) electrons. The average Bonchev–Trinajstić information content (AvgIpc) is 2.49. The number of ether oxygens (including phenoxy) is 1. The number of halogens is 1. The van der Waals surface area contributed by atoms with Crippen molar-refractivity contribution >= 4 is 27.5 Å². The van der Waals surface area contributed by atoms with Gasteiger partial charge in [0.2, 0.25) is 5.90 Å². The Bertz CT molecular complexity index is 633. The van der Waals surface area contributed by atoms with E-state index in [1.807, 2.05) is 54.6 Å². The van der Waals surface area contributed by atoms with E-state index in [4.69, 9.17) is 4.74 Å². The van der Waals surface area contributed by atoms with Gasteiger partial charge in [-0.3, -0.25) is 0 Å². The van der Waals surface area contributed by atoms with Crippen LogP contribution in [0.1, 0.15) is 11.1 Å². The number of hydrogen-bond donors (Lipinski definition) is 0. The molecule has 4 heteroatoms. The van der Waals surface area contributed by atoms with Gasteiger partial charge < -0.3 is 4.74 Å². The van der Waals surface area contributed by atoms with Crippen molar-refractivity contribution in [1.82, 2.24) is 0 Å². The first kappa shape index (κ1) is 12.1. The predicted octanol–water partition coefficient (Wildman–Crippen LogP) is 3.63. The lowest BCUT2D eigenvalue weighted by Crippen LogP contribution is -2.19. The summed E-state index contributed by atoms with van der Waals surface area (Å²) in [6, 6.07) is 17.7. The van der Waals surface area contributed by atoms with Gasteiger partial charge in [0.05, 0.1) is 0 Å². The topological polar surface area (TPSA) is 34.0 Å². The summed E-state index contributed by atoms with van der Waals surface area (Å²) in [5.41, 5.74) is 2.81. The Morgan fingerprint density at radius 1 is 0.842 bits per heavy atom. The molecule has 0 aromatic heterocycles. The largest absolute Gasteiger partial charge is 0.470 e. The highest BCUT2D eigenvalue weighted by Gasteiger charge is 2.13. The lowest BCUT2D eigenvalue weighted by atomic mass is 10.1. The third kappa shape index (κ3) is 2.74. The molecule has 0 spiro atoms. The van der Waals surface area contributed by atoms with Crippen molar-refractivity contribution in [3.8, 4) is 0 Å². The van der Waals surface area contributed by atoms with Gasteiger partial charge in [-0.15, -0.1) is 10.2 Å². The first-order chi connectivity index (χ1) is 9.33. The van der Waals surface area contributed by atoms with Gasteiger partial charge in [0, 0.05) is 15.6 Å². The molecule has 1 aliphatic rings. The highest BCUT2D eigenvalue weighted by Crippen LogP contribution is 2.14. The molecule has 2 aromatic carbocycles. The number of nitrogens with zero attached hydrogens (tertiary/aromatic N) is 2. The minimum atomic E-state index is 0.440. The summed E-state index contributed by atoms with van der Waals surface area (Å²) >= 11 is 3.41.